The largest absolute Gasteiger partial charge is 0.479 e. The van der Waals surface area contributed by atoms with Gasteiger partial charge in [-0.2, -0.15) is 0 Å². The highest BCUT2D eigenvalue weighted by Gasteiger charge is 2.34. The summed E-state index contributed by atoms with van der Waals surface area (Å²) in [7, 11) is 0. The molecule has 146 valence electrons. The van der Waals surface area contributed by atoms with Crippen molar-refractivity contribution in [3.05, 3.63) is 35.4 Å². The zero-order chi connectivity index (χ0) is 19.2. The van der Waals surface area contributed by atoms with Crippen LogP contribution in [-0.2, 0) is 25.6 Å². The van der Waals surface area contributed by atoms with Gasteiger partial charge in [0, 0.05) is 25.3 Å². The molecule has 8 nitrogen and oxygen atoms in total. The number of carboxylic acids is 1. The van der Waals surface area contributed by atoms with Crippen LogP contribution in [0.3, 0.4) is 0 Å². The van der Waals surface area contributed by atoms with Gasteiger partial charge >= 0.3 is 5.97 Å². The lowest BCUT2D eigenvalue weighted by Gasteiger charge is -2.13. The summed E-state index contributed by atoms with van der Waals surface area (Å²) >= 11 is 0. The van der Waals surface area contributed by atoms with Crippen LogP contribution in [0.15, 0.2) is 24.3 Å². The van der Waals surface area contributed by atoms with E-state index in [9.17, 15) is 14.4 Å². The summed E-state index contributed by atoms with van der Waals surface area (Å²) in [5.74, 6) is -1.57. The van der Waals surface area contributed by atoms with Crippen molar-refractivity contribution in [2.45, 2.75) is 50.5 Å². The van der Waals surface area contributed by atoms with Crippen molar-refractivity contribution in [3.63, 3.8) is 0 Å². The van der Waals surface area contributed by atoms with Crippen molar-refractivity contribution in [2.24, 2.45) is 0 Å². The van der Waals surface area contributed by atoms with E-state index in [1.54, 1.807) is 18.2 Å². The monoisotopic (exact) mass is 376 g/mol. The molecular weight excluding hydrogens is 352 g/mol. The molecule has 2 aliphatic heterocycles. The Hall–Kier alpha value is -2.45. The summed E-state index contributed by atoms with van der Waals surface area (Å²) < 4.78 is 10.7. The Labute approximate surface area is 157 Å². The molecule has 3 atom stereocenters. The van der Waals surface area contributed by atoms with E-state index in [0.29, 0.717) is 24.9 Å². The molecule has 1 unspecified atom stereocenters. The normalized spacial score (nSPS) is 24.5. The molecule has 0 spiro atoms. The Kier molecular flexibility index (Phi) is 6.41. The van der Waals surface area contributed by atoms with Crippen molar-refractivity contribution in [1.29, 1.82) is 0 Å². The number of hydrogen-bond donors (Lipinski definition) is 3. The highest BCUT2D eigenvalue weighted by atomic mass is 16.5. The third-order valence-electron chi connectivity index (χ3n) is 4.76. The molecule has 0 aromatic heterocycles. The number of hydrogen-bond acceptors (Lipinski definition) is 5. The number of aliphatic carboxylic acids is 1. The SMILES string of the molecule is O=C(NCC1CCCO1)c1cccc(CNC(=O)[C@@H]2CC[C@H](C(=O)O)O2)c1. The van der Waals surface area contributed by atoms with Gasteiger partial charge in [0.1, 0.15) is 6.10 Å². The highest BCUT2D eigenvalue weighted by Crippen LogP contribution is 2.20. The van der Waals surface area contributed by atoms with Crippen LogP contribution in [0.25, 0.3) is 0 Å². The number of ether oxygens (including phenoxy) is 2. The maximum absolute atomic E-state index is 12.3. The molecule has 2 heterocycles. The van der Waals surface area contributed by atoms with Crippen molar-refractivity contribution in [3.8, 4) is 0 Å². The molecule has 2 aliphatic rings. The van der Waals surface area contributed by atoms with Crippen LogP contribution in [0.2, 0.25) is 0 Å². The second-order valence-electron chi connectivity index (χ2n) is 6.79. The minimum absolute atomic E-state index is 0.0810. The standard InChI is InChI=1S/C19H24N2O6/c22-17(21-11-14-5-2-8-26-14)13-4-1-3-12(9-13)10-20-18(23)15-6-7-16(27-15)19(24)25/h1,3-4,9,14-16H,2,5-8,10-11H2,(H,20,23)(H,21,22)(H,24,25)/t14?,15-,16+/m0/s1. The van der Waals surface area contributed by atoms with Gasteiger partial charge in [-0.15, -0.1) is 0 Å². The van der Waals surface area contributed by atoms with Gasteiger partial charge in [-0.3, -0.25) is 9.59 Å². The van der Waals surface area contributed by atoms with Gasteiger partial charge in [-0.25, -0.2) is 4.79 Å². The minimum atomic E-state index is -1.05. The van der Waals surface area contributed by atoms with Crippen LogP contribution in [0, 0.1) is 0 Å². The summed E-state index contributed by atoms with van der Waals surface area (Å²) in [6.07, 6.45) is 1.10. The lowest BCUT2D eigenvalue weighted by atomic mass is 10.1. The fourth-order valence-electron chi connectivity index (χ4n) is 3.25. The van der Waals surface area contributed by atoms with Gasteiger partial charge in [-0.05, 0) is 43.4 Å². The van der Waals surface area contributed by atoms with Crippen molar-refractivity contribution < 1.29 is 29.0 Å². The number of carbonyl (C=O) groups excluding carboxylic acids is 2. The van der Waals surface area contributed by atoms with Crippen LogP contribution >= 0.6 is 0 Å². The zero-order valence-corrected chi connectivity index (χ0v) is 15.0. The molecule has 0 saturated carbocycles. The Morgan fingerprint density at radius 2 is 1.93 bits per heavy atom. The number of nitrogens with one attached hydrogen (secondary N) is 2. The molecular formula is C19H24N2O6. The minimum Gasteiger partial charge on any atom is -0.479 e. The van der Waals surface area contributed by atoms with Crippen LogP contribution in [0.5, 0.6) is 0 Å². The first-order chi connectivity index (χ1) is 13.0. The summed E-state index contributed by atoms with van der Waals surface area (Å²) in [6, 6.07) is 7.01. The summed E-state index contributed by atoms with van der Waals surface area (Å²) in [5, 5.41) is 14.5. The maximum Gasteiger partial charge on any atom is 0.332 e. The Bertz CT molecular complexity index is 701. The third-order valence-corrected chi connectivity index (χ3v) is 4.76. The fourth-order valence-corrected chi connectivity index (χ4v) is 3.25. The van der Waals surface area contributed by atoms with E-state index < -0.39 is 18.2 Å². The van der Waals surface area contributed by atoms with Gasteiger partial charge in [-0.1, -0.05) is 12.1 Å². The Morgan fingerprint density at radius 1 is 1.11 bits per heavy atom. The second-order valence-corrected chi connectivity index (χ2v) is 6.79. The van der Waals surface area contributed by atoms with E-state index in [-0.39, 0.29) is 24.5 Å². The predicted molar refractivity (Wildman–Crippen MR) is 95.1 cm³/mol. The number of rotatable bonds is 7. The van der Waals surface area contributed by atoms with E-state index in [1.807, 2.05) is 6.07 Å². The molecule has 3 N–H and O–H groups in total. The van der Waals surface area contributed by atoms with Crippen molar-refractivity contribution >= 4 is 17.8 Å². The maximum atomic E-state index is 12.3. The topological polar surface area (TPSA) is 114 Å². The Balaban J connectivity index is 1.47. The molecule has 0 bridgehead atoms. The van der Waals surface area contributed by atoms with E-state index in [2.05, 4.69) is 10.6 Å². The molecule has 2 amide bonds. The second kappa shape index (κ2) is 8.96. The zero-order valence-electron chi connectivity index (χ0n) is 15.0. The van der Waals surface area contributed by atoms with Crippen LogP contribution < -0.4 is 10.6 Å². The van der Waals surface area contributed by atoms with E-state index in [4.69, 9.17) is 14.6 Å². The molecule has 2 fully saturated rings. The quantitative estimate of drug-likeness (QED) is 0.650. The molecule has 3 rings (SSSR count). The summed E-state index contributed by atoms with van der Waals surface area (Å²) in [6.45, 7) is 1.47. The smallest absolute Gasteiger partial charge is 0.332 e. The number of amides is 2. The number of carbonyl (C=O) groups is 3. The fraction of sp³-hybridized carbons (Fsp3) is 0.526. The van der Waals surface area contributed by atoms with Crippen LogP contribution in [-0.4, -0.2) is 54.4 Å². The van der Waals surface area contributed by atoms with Crippen molar-refractivity contribution in [2.75, 3.05) is 13.2 Å². The molecule has 1 aromatic rings. The molecule has 0 aliphatic carbocycles. The van der Waals surface area contributed by atoms with Gasteiger partial charge in [0.15, 0.2) is 6.10 Å². The average molecular weight is 376 g/mol. The first-order valence-corrected chi connectivity index (χ1v) is 9.17. The van der Waals surface area contributed by atoms with E-state index in [0.717, 1.165) is 25.0 Å². The van der Waals surface area contributed by atoms with E-state index >= 15 is 0 Å². The first kappa shape index (κ1) is 19.3. The lowest BCUT2D eigenvalue weighted by molar-refractivity contribution is -0.151. The summed E-state index contributed by atoms with van der Waals surface area (Å²) in [4.78, 5) is 35.3. The van der Waals surface area contributed by atoms with Crippen LogP contribution in [0.1, 0.15) is 41.6 Å². The predicted octanol–water partition coefficient (Wildman–Crippen LogP) is 0.844. The summed E-state index contributed by atoms with van der Waals surface area (Å²) in [5.41, 5.74) is 1.30. The van der Waals surface area contributed by atoms with E-state index in [1.165, 1.54) is 0 Å². The molecule has 8 heteroatoms. The van der Waals surface area contributed by atoms with Gasteiger partial charge < -0.3 is 25.2 Å². The lowest BCUT2D eigenvalue weighted by Crippen LogP contribution is -2.35. The molecule has 27 heavy (non-hydrogen) atoms. The number of benzene rings is 1. The molecule has 0 radical (unpaired) electrons. The van der Waals surface area contributed by atoms with Gasteiger partial charge in [0.05, 0.1) is 6.10 Å². The average Bonchev–Trinajstić information content (AvgIpc) is 3.36. The first-order valence-electron chi connectivity index (χ1n) is 9.17. The molecule has 2 saturated heterocycles. The number of carboxylic acid groups (broad SMARTS) is 1. The van der Waals surface area contributed by atoms with Gasteiger partial charge in [0.25, 0.3) is 5.91 Å². The van der Waals surface area contributed by atoms with Crippen LogP contribution in [0.4, 0.5) is 0 Å². The van der Waals surface area contributed by atoms with Crippen molar-refractivity contribution in [1.82, 2.24) is 10.6 Å². The Morgan fingerprint density at radius 3 is 2.63 bits per heavy atom. The molecule has 1 aromatic carbocycles. The highest BCUT2D eigenvalue weighted by molar-refractivity contribution is 5.94. The third kappa shape index (κ3) is 5.27. The van der Waals surface area contributed by atoms with Gasteiger partial charge in [0.2, 0.25) is 5.91 Å².